The molecule has 0 spiro atoms. The zero-order valence-corrected chi connectivity index (χ0v) is 8.45. The fourth-order valence-corrected chi connectivity index (χ4v) is 1.13. The Morgan fingerprint density at radius 2 is 1.87 bits per heavy atom. The Morgan fingerprint density at radius 3 is 2.27 bits per heavy atom. The molecule has 15 heavy (non-hydrogen) atoms. The molecule has 0 aliphatic rings. The molecule has 0 aromatic heterocycles. The minimum Gasteiger partial charge on any atom is -0.497 e. The zero-order chi connectivity index (χ0) is 11.4. The summed E-state index contributed by atoms with van der Waals surface area (Å²) in [5.74, 6) is -2.05. The summed E-state index contributed by atoms with van der Waals surface area (Å²) in [5, 5.41) is 8.46. The first kappa shape index (κ1) is 11.2. The Balaban J connectivity index is 3.07. The van der Waals surface area contributed by atoms with Gasteiger partial charge in [0.15, 0.2) is 0 Å². The monoisotopic (exact) mass is 210 g/mol. The minimum atomic E-state index is -1.55. The third-order valence-corrected chi connectivity index (χ3v) is 2.04. The Bertz CT molecular complexity index is 393. The minimum absolute atomic E-state index is 0.102. The molecule has 0 unspecified atom stereocenters. The van der Waals surface area contributed by atoms with Gasteiger partial charge in [-0.1, -0.05) is 12.1 Å². The molecule has 1 rings (SSSR count). The van der Waals surface area contributed by atoms with Gasteiger partial charge in [0.25, 0.3) is 0 Å². The van der Waals surface area contributed by atoms with Crippen molar-refractivity contribution in [2.75, 3.05) is 7.11 Å². The standard InChI is InChI=1S/C11H11FO3/c1-7(10(12)11(13)14)8-3-5-9(15-2)6-4-8/h3-6H,1-2H3,(H,13,14). The number of halogens is 1. The van der Waals surface area contributed by atoms with Crippen LogP contribution in [0.4, 0.5) is 4.39 Å². The third-order valence-electron chi connectivity index (χ3n) is 2.04. The van der Waals surface area contributed by atoms with Gasteiger partial charge in [-0.25, -0.2) is 4.79 Å². The number of carboxylic acids is 1. The largest absolute Gasteiger partial charge is 0.497 e. The predicted molar refractivity (Wildman–Crippen MR) is 54.3 cm³/mol. The number of carbonyl (C=O) groups is 1. The highest BCUT2D eigenvalue weighted by Crippen LogP contribution is 2.21. The fraction of sp³-hybridized carbons (Fsp3) is 0.182. The zero-order valence-electron chi connectivity index (χ0n) is 8.45. The molecule has 0 fully saturated rings. The molecule has 0 saturated heterocycles. The lowest BCUT2D eigenvalue weighted by atomic mass is 10.1. The highest BCUT2D eigenvalue weighted by atomic mass is 19.1. The molecule has 1 aromatic carbocycles. The van der Waals surface area contributed by atoms with E-state index in [1.165, 1.54) is 14.0 Å². The molecule has 0 aliphatic carbocycles. The second-order valence-corrected chi connectivity index (χ2v) is 2.97. The Labute approximate surface area is 86.8 Å². The number of hydrogen-bond donors (Lipinski definition) is 1. The van der Waals surface area contributed by atoms with E-state index in [0.29, 0.717) is 11.3 Å². The summed E-state index contributed by atoms with van der Waals surface area (Å²) in [6.07, 6.45) is 0. The molecule has 0 aliphatic heterocycles. The van der Waals surface area contributed by atoms with E-state index in [9.17, 15) is 9.18 Å². The van der Waals surface area contributed by atoms with Crippen molar-refractivity contribution in [1.82, 2.24) is 0 Å². The number of benzene rings is 1. The van der Waals surface area contributed by atoms with Gasteiger partial charge in [-0.15, -0.1) is 0 Å². The fourth-order valence-electron chi connectivity index (χ4n) is 1.13. The molecule has 1 aromatic rings. The lowest BCUT2D eigenvalue weighted by Crippen LogP contribution is -1.97. The molecule has 0 radical (unpaired) electrons. The molecule has 0 atom stereocenters. The lowest BCUT2D eigenvalue weighted by Gasteiger charge is -2.03. The molecule has 1 N–H and O–H groups in total. The normalized spacial score (nSPS) is 11.9. The van der Waals surface area contributed by atoms with Crippen LogP contribution in [-0.2, 0) is 4.79 Å². The summed E-state index contributed by atoms with van der Waals surface area (Å²) < 4.78 is 18.0. The molecule has 0 amide bonds. The maximum absolute atomic E-state index is 13.0. The first-order valence-corrected chi connectivity index (χ1v) is 4.30. The molecule has 80 valence electrons. The van der Waals surface area contributed by atoms with Crippen molar-refractivity contribution in [2.45, 2.75) is 6.92 Å². The number of allylic oxidation sites excluding steroid dienone is 1. The third kappa shape index (κ3) is 2.56. The van der Waals surface area contributed by atoms with Gasteiger partial charge in [-0.05, 0) is 30.2 Å². The molecule has 3 nitrogen and oxygen atoms in total. The number of hydrogen-bond acceptors (Lipinski definition) is 2. The number of aliphatic carboxylic acids is 1. The van der Waals surface area contributed by atoms with E-state index in [2.05, 4.69) is 0 Å². The smallest absolute Gasteiger partial charge is 0.365 e. The van der Waals surface area contributed by atoms with Gasteiger partial charge >= 0.3 is 5.97 Å². The van der Waals surface area contributed by atoms with Gasteiger partial charge in [0, 0.05) is 0 Å². The lowest BCUT2D eigenvalue weighted by molar-refractivity contribution is -0.134. The summed E-state index contributed by atoms with van der Waals surface area (Å²) in [6.45, 7) is 1.42. The highest BCUT2D eigenvalue weighted by molar-refractivity contribution is 5.93. The van der Waals surface area contributed by atoms with Crippen LogP contribution < -0.4 is 4.74 Å². The maximum Gasteiger partial charge on any atom is 0.365 e. The number of rotatable bonds is 3. The van der Waals surface area contributed by atoms with Gasteiger partial charge in [-0.3, -0.25) is 0 Å². The summed E-state index contributed by atoms with van der Waals surface area (Å²) in [5.41, 5.74) is 0.626. The predicted octanol–water partition coefficient (Wildman–Crippen LogP) is 2.48. The van der Waals surface area contributed by atoms with Crippen LogP contribution in [0.2, 0.25) is 0 Å². The average Bonchev–Trinajstić information content (AvgIpc) is 2.27. The molecule has 0 saturated carbocycles. The van der Waals surface area contributed by atoms with E-state index >= 15 is 0 Å². The second kappa shape index (κ2) is 4.59. The first-order chi connectivity index (χ1) is 7.06. The molecule has 4 heteroatoms. The summed E-state index contributed by atoms with van der Waals surface area (Å²) in [7, 11) is 1.52. The number of methoxy groups -OCH3 is 1. The topological polar surface area (TPSA) is 46.5 Å². The van der Waals surface area contributed by atoms with Crippen LogP contribution in [0, 0.1) is 0 Å². The van der Waals surface area contributed by atoms with Crippen LogP contribution >= 0.6 is 0 Å². The SMILES string of the molecule is COc1ccc(C(C)=C(F)C(=O)O)cc1. The van der Waals surface area contributed by atoms with Crippen molar-refractivity contribution in [1.29, 1.82) is 0 Å². The van der Waals surface area contributed by atoms with Crippen molar-refractivity contribution < 1.29 is 19.0 Å². The molecule has 0 heterocycles. The maximum atomic E-state index is 13.0. The van der Waals surface area contributed by atoms with E-state index in [1.807, 2.05) is 0 Å². The number of ether oxygens (including phenoxy) is 1. The Morgan fingerprint density at radius 1 is 1.33 bits per heavy atom. The van der Waals surface area contributed by atoms with Crippen molar-refractivity contribution in [3.05, 3.63) is 35.7 Å². The van der Waals surface area contributed by atoms with E-state index < -0.39 is 11.8 Å². The quantitative estimate of drug-likeness (QED) is 0.779. The van der Waals surface area contributed by atoms with Gasteiger partial charge in [0.2, 0.25) is 5.83 Å². The van der Waals surface area contributed by atoms with Crippen molar-refractivity contribution >= 4 is 11.5 Å². The van der Waals surface area contributed by atoms with E-state index in [-0.39, 0.29) is 5.57 Å². The van der Waals surface area contributed by atoms with Crippen molar-refractivity contribution in [3.8, 4) is 5.75 Å². The highest BCUT2D eigenvalue weighted by Gasteiger charge is 2.11. The summed E-state index contributed by atoms with van der Waals surface area (Å²) >= 11 is 0. The van der Waals surface area contributed by atoms with Crippen LogP contribution in [0.5, 0.6) is 5.75 Å². The van der Waals surface area contributed by atoms with Crippen LogP contribution in [0.25, 0.3) is 5.57 Å². The summed E-state index contributed by atoms with van der Waals surface area (Å²) in [4.78, 5) is 10.4. The van der Waals surface area contributed by atoms with Crippen LogP contribution in [-0.4, -0.2) is 18.2 Å². The van der Waals surface area contributed by atoms with E-state index in [1.54, 1.807) is 24.3 Å². The van der Waals surface area contributed by atoms with Crippen LogP contribution in [0.3, 0.4) is 0 Å². The van der Waals surface area contributed by atoms with Crippen LogP contribution in [0.15, 0.2) is 30.1 Å². The first-order valence-electron chi connectivity index (χ1n) is 4.30. The van der Waals surface area contributed by atoms with Gasteiger partial charge in [0.05, 0.1) is 7.11 Å². The van der Waals surface area contributed by atoms with Gasteiger partial charge in [-0.2, -0.15) is 4.39 Å². The average molecular weight is 210 g/mol. The van der Waals surface area contributed by atoms with Crippen molar-refractivity contribution in [3.63, 3.8) is 0 Å². The second-order valence-electron chi connectivity index (χ2n) is 2.97. The Kier molecular flexibility index (Phi) is 3.44. The van der Waals surface area contributed by atoms with Gasteiger partial charge < -0.3 is 9.84 Å². The van der Waals surface area contributed by atoms with E-state index in [4.69, 9.17) is 9.84 Å². The van der Waals surface area contributed by atoms with Crippen LogP contribution in [0.1, 0.15) is 12.5 Å². The summed E-state index contributed by atoms with van der Waals surface area (Å²) in [6, 6.07) is 6.51. The Hall–Kier alpha value is -1.84. The van der Waals surface area contributed by atoms with Gasteiger partial charge in [0.1, 0.15) is 5.75 Å². The molecule has 0 bridgehead atoms. The number of carboxylic acid groups (broad SMARTS) is 1. The molecular formula is C11H11FO3. The van der Waals surface area contributed by atoms with E-state index in [0.717, 1.165) is 0 Å². The molecular weight excluding hydrogens is 199 g/mol. The van der Waals surface area contributed by atoms with Crippen molar-refractivity contribution in [2.24, 2.45) is 0 Å².